The van der Waals surface area contributed by atoms with Crippen LogP contribution in [0.25, 0.3) is 44.5 Å². The average molecular weight is 760 g/mol. The molecule has 0 saturated carbocycles. The number of halogens is 3. The van der Waals surface area contributed by atoms with Crippen LogP contribution >= 0.6 is 15.9 Å². The van der Waals surface area contributed by atoms with Gasteiger partial charge in [-0.15, -0.1) is 0 Å². The second kappa shape index (κ2) is 18.3. The van der Waals surface area contributed by atoms with Crippen LogP contribution in [0.4, 0.5) is 25.8 Å². The Labute approximate surface area is 318 Å². The molecular formula is C48H37BrF2N2. The molecule has 260 valence electrons. The molecule has 0 aliphatic rings. The molecule has 0 spiro atoms. The normalized spacial score (nSPS) is 10.2. The highest BCUT2D eigenvalue weighted by Crippen LogP contribution is 2.37. The van der Waals surface area contributed by atoms with Crippen molar-refractivity contribution in [2.45, 2.75) is 0 Å². The fourth-order valence-corrected chi connectivity index (χ4v) is 6.03. The maximum Gasteiger partial charge on any atom is 0.147 e. The Balaban J connectivity index is 0.000000157. The Morgan fingerprint density at radius 2 is 0.736 bits per heavy atom. The van der Waals surface area contributed by atoms with Crippen LogP contribution in [0.2, 0.25) is 0 Å². The largest absolute Gasteiger partial charge is 0.396 e. The monoisotopic (exact) mass is 758 g/mol. The number of hydrogen-bond donors (Lipinski definition) is 2. The quantitative estimate of drug-likeness (QED) is 0.166. The van der Waals surface area contributed by atoms with Crippen LogP contribution < -0.4 is 11.1 Å². The minimum atomic E-state index is -0.384. The molecule has 0 aliphatic heterocycles. The summed E-state index contributed by atoms with van der Waals surface area (Å²) in [6, 6.07) is 65.8. The van der Waals surface area contributed by atoms with Crippen molar-refractivity contribution in [3.8, 4) is 44.5 Å². The van der Waals surface area contributed by atoms with Gasteiger partial charge in [0.1, 0.15) is 11.6 Å². The molecule has 0 aromatic heterocycles. The molecule has 8 aromatic carbocycles. The number of anilines is 3. The molecular weight excluding hydrogens is 722 g/mol. The summed E-state index contributed by atoms with van der Waals surface area (Å²) in [5.74, 6) is -0.653. The Morgan fingerprint density at radius 3 is 1.17 bits per heavy atom. The van der Waals surface area contributed by atoms with Gasteiger partial charge in [-0.25, -0.2) is 8.78 Å². The first-order valence-corrected chi connectivity index (χ1v) is 17.9. The van der Waals surface area contributed by atoms with Gasteiger partial charge in [0, 0.05) is 21.3 Å². The summed E-state index contributed by atoms with van der Waals surface area (Å²) < 4.78 is 30.3. The first-order valence-electron chi connectivity index (χ1n) is 17.1. The lowest BCUT2D eigenvalue weighted by atomic mass is 9.96. The van der Waals surface area contributed by atoms with E-state index in [4.69, 9.17) is 5.73 Å². The van der Waals surface area contributed by atoms with Crippen LogP contribution in [0.5, 0.6) is 0 Å². The third-order valence-corrected chi connectivity index (χ3v) is 8.91. The third-order valence-electron chi connectivity index (χ3n) is 8.38. The zero-order valence-corrected chi connectivity index (χ0v) is 30.4. The fourth-order valence-electron chi connectivity index (χ4n) is 5.73. The van der Waals surface area contributed by atoms with Gasteiger partial charge < -0.3 is 11.1 Å². The van der Waals surface area contributed by atoms with Crippen LogP contribution in [0.15, 0.2) is 211 Å². The van der Waals surface area contributed by atoms with Crippen LogP contribution in [0.3, 0.4) is 0 Å². The summed E-state index contributed by atoms with van der Waals surface area (Å²) in [5.41, 5.74) is 14.5. The molecule has 8 rings (SSSR count). The number of rotatable bonds is 6. The first kappa shape index (κ1) is 36.5. The summed E-state index contributed by atoms with van der Waals surface area (Å²) in [4.78, 5) is 0. The molecule has 8 aromatic rings. The summed E-state index contributed by atoms with van der Waals surface area (Å²) in [5, 5.41) is 3.24. The fraction of sp³-hybridized carbons (Fsp3) is 0. The van der Waals surface area contributed by atoms with Crippen molar-refractivity contribution in [1.29, 1.82) is 0 Å². The second-order valence-electron chi connectivity index (χ2n) is 12.1. The van der Waals surface area contributed by atoms with Gasteiger partial charge >= 0.3 is 0 Å². The van der Waals surface area contributed by atoms with Gasteiger partial charge in [-0.05, 0) is 81.9 Å². The van der Waals surface area contributed by atoms with Gasteiger partial charge in [-0.1, -0.05) is 174 Å². The molecule has 0 atom stereocenters. The van der Waals surface area contributed by atoms with E-state index in [9.17, 15) is 4.39 Å². The third kappa shape index (κ3) is 9.94. The Kier molecular flexibility index (Phi) is 12.6. The van der Waals surface area contributed by atoms with Gasteiger partial charge in [-0.2, -0.15) is 0 Å². The maximum absolute atomic E-state index is 15.1. The molecule has 0 bridgehead atoms. The van der Waals surface area contributed by atoms with Crippen LogP contribution in [-0.4, -0.2) is 0 Å². The SMILES string of the molecule is Brc1ccccc1.Fc1cc(-c2ccccc2)cc(-c2ccccc2)c1Nc1ccccc1.Nc1c(F)cc(-c2ccccc2)cc1-c1ccccc1. The van der Waals surface area contributed by atoms with E-state index in [0.717, 1.165) is 54.7 Å². The molecule has 0 fully saturated rings. The van der Waals surface area contributed by atoms with Crippen LogP contribution in [-0.2, 0) is 0 Å². The van der Waals surface area contributed by atoms with Gasteiger partial charge in [0.15, 0.2) is 0 Å². The molecule has 0 heterocycles. The second-order valence-corrected chi connectivity index (χ2v) is 13.0. The van der Waals surface area contributed by atoms with Gasteiger partial charge in [0.2, 0.25) is 0 Å². The van der Waals surface area contributed by atoms with Crippen LogP contribution in [0, 0.1) is 11.6 Å². The van der Waals surface area contributed by atoms with E-state index in [2.05, 4.69) is 21.2 Å². The topological polar surface area (TPSA) is 38.0 Å². The highest BCUT2D eigenvalue weighted by molar-refractivity contribution is 9.10. The van der Waals surface area contributed by atoms with Gasteiger partial charge in [0.05, 0.1) is 11.4 Å². The Morgan fingerprint density at radius 1 is 0.377 bits per heavy atom. The average Bonchev–Trinajstić information content (AvgIpc) is 3.22. The lowest BCUT2D eigenvalue weighted by molar-refractivity contribution is 0.632. The number of nitrogens with one attached hydrogen (secondary N) is 1. The van der Waals surface area contributed by atoms with Crippen molar-refractivity contribution >= 4 is 33.0 Å². The number of benzene rings is 8. The van der Waals surface area contributed by atoms with Crippen LogP contribution in [0.1, 0.15) is 0 Å². The number of nitrogen functional groups attached to an aromatic ring is 1. The minimum Gasteiger partial charge on any atom is -0.396 e. The van der Waals surface area contributed by atoms with Crippen molar-refractivity contribution in [3.05, 3.63) is 222 Å². The molecule has 2 nitrogen and oxygen atoms in total. The number of nitrogens with two attached hydrogens (primary N) is 1. The first-order chi connectivity index (χ1) is 26.0. The zero-order chi connectivity index (χ0) is 36.8. The van der Waals surface area contributed by atoms with E-state index >= 15 is 4.39 Å². The summed E-state index contributed by atoms with van der Waals surface area (Å²) >= 11 is 3.31. The maximum atomic E-state index is 15.1. The number of para-hydroxylation sites is 1. The van der Waals surface area contributed by atoms with E-state index < -0.39 is 0 Å². The molecule has 0 saturated heterocycles. The van der Waals surface area contributed by atoms with E-state index in [0.29, 0.717) is 5.69 Å². The predicted molar refractivity (Wildman–Crippen MR) is 223 cm³/mol. The highest BCUT2D eigenvalue weighted by atomic mass is 79.9. The molecule has 0 radical (unpaired) electrons. The molecule has 5 heteroatoms. The molecule has 3 N–H and O–H groups in total. The summed E-state index contributed by atoms with van der Waals surface area (Å²) in [6.07, 6.45) is 0. The lowest BCUT2D eigenvalue weighted by Crippen LogP contribution is -1.98. The Hall–Kier alpha value is -6.30. The van der Waals surface area contributed by atoms with Crippen molar-refractivity contribution in [2.24, 2.45) is 0 Å². The summed E-state index contributed by atoms with van der Waals surface area (Å²) in [7, 11) is 0. The van der Waals surface area contributed by atoms with Crippen molar-refractivity contribution < 1.29 is 8.78 Å². The molecule has 0 amide bonds. The van der Waals surface area contributed by atoms with E-state index in [-0.39, 0.29) is 17.3 Å². The van der Waals surface area contributed by atoms with Gasteiger partial charge in [-0.3, -0.25) is 0 Å². The predicted octanol–water partition coefficient (Wildman–Crippen LogP) is 14.1. The number of hydrogen-bond acceptors (Lipinski definition) is 2. The summed E-state index contributed by atoms with van der Waals surface area (Å²) in [6.45, 7) is 0. The standard InChI is InChI=1S/C24H18FN.C18H14FN.C6H5Br/c25-23-17-20(18-10-4-1-5-11-18)16-22(19-12-6-2-7-13-19)24(23)26-21-14-8-3-9-15-21;19-17-12-15(13-7-3-1-4-8-13)11-16(18(17)20)14-9-5-2-6-10-14;7-6-4-2-1-3-5-6/h1-17,26H;1-12H,20H2;1-5H. The molecule has 0 unspecified atom stereocenters. The smallest absolute Gasteiger partial charge is 0.147 e. The van der Waals surface area contributed by atoms with Gasteiger partial charge in [0.25, 0.3) is 0 Å². The lowest BCUT2D eigenvalue weighted by Gasteiger charge is -2.16. The van der Waals surface area contributed by atoms with E-state index in [1.807, 2.05) is 194 Å². The minimum absolute atomic E-state index is 0.191. The van der Waals surface area contributed by atoms with Crippen molar-refractivity contribution in [2.75, 3.05) is 11.1 Å². The van der Waals surface area contributed by atoms with Crippen molar-refractivity contribution in [3.63, 3.8) is 0 Å². The van der Waals surface area contributed by atoms with E-state index in [1.54, 1.807) is 6.07 Å². The highest BCUT2D eigenvalue weighted by Gasteiger charge is 2.14. The van der Waals surface area contributed by atoms with E-state index in [1.165, 1.54) is 6.07 Å². The molecule has 53 heavy (non-hydrogen) atoms. The zero-order valence-electron chi connectivity index (χ0n) is 28.8. The molecule has 0 aliphatic carbocycles. The van der Waals surface area contributed by atoms with Crippen molar-refractivity contribution in [1.82, 2.24) is 0 Å². The Bertz CT molecular complexity index is 2320.